The fourth-order valence-corrected chi connectivity index (χ4v) is 7.30. The highest BCUT2D eigenvalue weighted by Crippen LogP contribution is 2.63. The van der Waals surface area contributed by atoms with Gasteiger partial charge in [0.05, 0.1) is 0 Å². The van der Waals surface area contributed by atoms with Crippen molar-refractivity contribution in [3.05, 3.63) is 11.6 Å². The minimum absolute atomic E-state index is 0.0410. The van der Waals surface area contributed by atoms with E-state index in [9.17, 15) is 15.0 Å². The van der Waals surface area contributed by atoms with Gasteiger partial charge in [0.2, 0.25) is 0 Å². The van der Waals surface area contributed by atoms with Crippen molar-refractivity contribution in [1.29, 1.82) is 0 Å². The number of aliphatic hydroxyl groups excluding tert-OH is 1. The summed E-state index contributed by atoms with van der Waals surface area (Å²) in [5.41, 5.74) is 0.488. The second kappa shape index (κ2) is 6.66. The summed E-state index contributed by atoms with van der Waals surface area (Å²) in [7, 11) is 0. The van der Waals surface area contributed by atoms with Crippen LogP contribution in [0.3, 0.4) is 0 Å². The molecule has 4 aliphatic carbocycles. The first-order valence-corrected chi connectivity index (χ1v) is 10.5. The largest absolute Gasteiger partial charge is 0.389 e. The fraction of sp³-hybridized carbons (Fsp3) is 0.773. The molecule has 0 unspecified atom stereocenters. The highest BCUT2D eigenvalue weighted by molar-refractivity contribution is 6.30. The molecule has 142 valence electrons. The number of rotatable bonds is 2. The Morgan fingerprint density at radius 3 is 2.81 bits per heavy atom. The molecule has 0 radical (unpaired) electrons. The topological polar surface area (TPSA) is 57.5 Å². The van der Waals surface area contributed by atoms with E-state index >= 15 is 0 Å². The monoisotopic (exact) mass is 376 g/mol. The molecule has 0 amide bonds. The van der Waals surface area contributed by atoms with E-state index in [-0.39, 0.29) is 23.7 Å². The van der Waals surface area contributed by atoms with Gasteiger partial charge >= 0.3 is 0 Å². The quantitative estimate of drug-likeness (QED) is 0.571. The molecule has 0 saturated heterocycles. The summed E-state index contributed by atoms with van der Waals surface area (Å²) in [5.74, 6) is 5.35. The Bertz CT molecular complexity index is 689. The molecule has 0 heterocycles. The zero-order valence-electron chi connectivity index (χ0n) is 15.5. The van der Waals surface area contributed by atoms with E-state index in [0.29, 0.717) is 36.5 Å². The number of halogens is 1. The van der Waals surface area contributed by atoms with Gasteiger partial charge in [-0.05, 0) is 85.6 Å². The predicted molar refractivity (Wildman–Crippen MR) is 101 cm³/mol. The summed E-state index contributed by atoms with van der Waals surface area (Å²) in [6.07, 6.45) is 10.0. The molecule has 0 aliphatic heterocycles. The Balaban J connectivity index is 1.57. The molecule has 7 atom stereocenters. The van der Waals surface area contributed by atoms with Gasteiger partial charge in [-0.1, -0.05) is 24.5 Å². The molecule has 3 saturated carbocycles. The van der Waals surface area contributed by atoms with Gasteiger partial charge in [0.1, 0.15) is 12.2 Å². The maximum Gasteiger partial charge on any atom is 0.161 e. The maximum absolute atomic E-state index is 12.3. The Morgan fingerprint density at radius 1 is 1.27 bits per heavy atom. The van der Waals surface area contributed by atoms with E-state index in [4.69, 9.17) is 11.6 Å². The Labute approximate surface area is 161 Å². The Kier molecular flexibility index (Phi) is 4.75. The highest BCUT2D eigenvalue weighted by Gasteiger charge is 2.57. The van der Waals surface area contributed by atoms with Crippen molar-refractivity contribution in [1.82, 2.24) is 0 Å². The zero-order chi connectivity index (χ0) is 18.5. The summed E-state index contributed by atoms with van der Waals surface area (Å²) >= 11 is 5.55. The summed E-state index contributed by atoms with van der Waals surface area (Å²) < 4.78 is 0. The number of hydrogen-bond donors (Lipinski definition) is 2. The van der Waals surface area contributed by atoms with Crippen molar-refractivity contribution in [2.45, 2.75) is 63.9 Å². The van der Waals surface area contributed by atoms with Gasteiger partial charge in [0.25, 0.3) is 0 Å². The molecule has 4 rings (SSSR count). The number of fused-ring (bicyclic) bond motifs is 5. The van der Waals surface area contributed by atoms with Gasteiger partial charge < -0.3 is 10.2 Å². The van der Waals surface area contributed by atoms with Crippen LogP contribution in [0.1, 0.15) is 58.3 Å². The molecule has 3 fully saturated rings. The highest BCUT2D eigenvalue weighted by atomic mass is 35.5. The first kappa shape index (κ1) is 18.5. The number of hydrogen-bond acceptors (Lipinski definition) is 3. The molecular weight excluding hydrogens is 348 g/mol. The number of aliphatic hydroxyl groups is 2. The van der Waals surface area contributed by atoms with E-state index in [2.05, 4.69) is 24.3 Å². The molecule has 4 aliphatic rings. The minimum atomic E-state index is -0.952. The van der Waals surface area contributed by atoms with Crippen molar-refractivity contribution in [3.63, 3.8) is 0 Å². The van der Waals surface area contributed by atoms with Crippen LogP contribution < -0.4 is 0 Å². The average molecular weight is 377 g/mol. The molecule has 0 aromatic heterocycles. The molecule has 2 N–H and O–H groups in total. The van der Waals surface area contributed by atoms with Crippen LogP contribution in [-0.4, -0.2) is 28.2 Å². The molecular formula is C22H29ClO3. The lowest BCUT2D eigenvalue weighted by Crippen LogP contribution is -2.48. The summed E-state index contributed by atoms with van der Waals surface area (Å²) in [5, 5.41) is 22.4. The van der Waals surface area contributed by atoms with Crippen molar-refractivity contribution in [2.24, 2.45) is 35.0 Å². The maximum atomic E-state index is 12.3. The lowest BCUT2D eigenvalue weighted by molar-refractivity contribution is -0.131. The predicted octanol–water partition coefficient (Wildman–Crippen LogP) is 3.67. The van der Waals surface area contributed by atoms with Crippen molar-refractivity contribution < 1.29 is 15.0 Å². The number of ketones is 1. The number of Topliss-reactive ketones (excluding diaryl/α,β-unsaturated/α-hetero) is 1. The van der Waals surface area contributed by atoms with E-state index < -0.39 is 5.60 Å². The second-order valence-corrected chi connectivity index (χ2v) is 9.51. The van der Waals surface area contributed by atoms with Gasteiger partial charge in [-0.3, -0.25) is 4.79 Å². The SMILES string of the molecule is C[C@]12CC[C@H]3[C@@H](CC=C4C[C@](O)(C#CCl)CC[C@@H]43)[C@@H]1CC[C@@H]2C(=O)CO. The lowest BCUT2D eigenvalue weighted by atomic mass is 9.51. The van der Waals surface area contributed by atoms with Crippen LogP contribution in [-0.2, 0) is 4.79 Å². The van der Waals surface area contributed by atoms with Crippen LogP contribution in [0, 0.1) is 46.3 Å². The first-order valence-electron chi connectivity index (χ1n) is 10.1. The van der Waals surface area contributed by atoms with Crippen LogP contribution in [0.2, 0.25) is 0 Å². The third-order valence-electron chi connectivity index (χ3n) is 8.33. The zero-order valence-corrected chi connectivity index (χ0v) is 16.3. The van der Waals surface area contributed by atoms with E-state index in [1.54, 1.807) is 0 Å². The normalized spacial score (nSPS) is 46.9. The molecule has 0 spiro atoms. The molecule has 0 bridgehead atoms. The molecule has 4 heteroatoms. The van der Waals surface area contributed by atoms with E-state index in [0.717, 1.165) is 38.5 Å². The Hall–Kier alpha value is -0.820. The number of allylic oxidation sites excluding steroid dienone is 1. The molecule has 0 aromatic rings. The fourth-order valence-electron chi connectivity index (χ4n) is 7.13. The van der Waals surface area contributed by atoms with Gasteiger partial charge in [-0.2, -0.15) is 0 Å². The standard InChI is InChI=1S/C22H29ClO3/c1-21-8-6-16-15-7-9-22(26,10-11-23)12-14(15)2-3-17(16)18(21)4-5-19(21)20(25)13-24/h2,15-19,24,26H,3-9,12-13H2,1H3/t15-,16+,17+,18-,19+,21-,22+/m0/s1. The van der Waals surface area contributed by atoms with Crippen LogP contribution in [0.4, 0.5) is 0 Å². The van der Waals surface area contributed by atoms with E-state index in [1.807, 2.05) is 0 Å². The van der Waals surface area contributed by atoms with Crippen molar-refractivity contribution >= 4 is 17.4 Å². The van der Waals surface area contributed by atoms with Gasteiger partial charge in [-0.25, -0.2) is 0 Å². The molecule has 0 aromatic carbocycles. The van der Waals surface area contributed by atoms with E-state index in [1.165, 1.54) is 5.57 Å². The number of carbonyl (C=O) groups excluding carboxylic acids is 1. The lowest BCUT2D eigenvalue weighted by Gasteiger charge is -2.54. The summed E-state index contributed by atoms with van der Waals surface area (Å²) in [4.78, 5) is 12.3. The Morgan fingerprint density at radius 2 is 2.08 bits per heavy atom. The van der Waals surface area contributed by atoms with Gasteiger partial charge in [0.15, 0.2) is 5.78 Å². The van der Waals surface area contributed by atoms with Gasteiger partial charge in [-0.15, -0.1) is 0 Å². The van der Waals surface area contributed by atoms with Crippen LogP contribution in [0.5, 0.6) is 0 Å². The molecule has 3 nitrogen and oxygen atoms in total. The van der Waals surface area contributed by atoms with Crippen LogP contribution in [0.15, 0.2) is 11.6 Å². The smallest absolute Gasteiger partial charge is 0.161 e. The second-order valence-electron chi connectivity index (χ2n) is 9.32. The van der Waals surface area contributed by atoms with Crippen LogP contribution in [0.25, 0.3) is 0 Å². The van der Waals surface area contributed by atoms with Crippen molar-refractivity contribution in [3.8, 4) is 11.3 Å². The average Bonchev–Trinajstić information content (AvgIpc) is 2.98. The van der Waals surface area contributed by atoms with Crippen LogP contribution >= 0.6 is 11.6 Å². The number of carbonyl (C=O) groups is 1. The molecule has 26 heavy (non-hydrogen) atoms. The summed E-state index contributed by atoms with van der Waals surface area (Å²) in [6.45, 7) is 1.99. The summed E-state index contributed by atoms with van der Waals surface area (Å²) in [6, 6.07) is 0. The third-order valence-corrected chi connectivity index (χ3v) is 8.42. The van der Waals surface area contributed by atoms with Gasteiger partial charge in [0, 0.05) is 17.7 Å². The van der Waals surface area contributed by atoms with Crippen molar-refractivity contribution in [2.75, 3.05) is 6.61 Å². The minimum Gasteiger partial charge on any atom is -0.389 e. The third kappa shape index (κ3) is 2.77. The first-order chi connectivity index (χ1) is 12.4.